The van der Waals surface area contributed by atoms with Crippen molar-refractivity contribution < 1.29 is 14.3 Å². The van der Waals surface area contributed by atoms with Crippen molar-refractivity contribution in [2.24, 2.45) is 5.92 Å². The van der Waals surface area contributed by atoms with E-state index in [0.29, 0.717) is 0 Å². The first kappa shape index (κ1) is 13.0. The van der Waals surface area contributed by atoms with E-state index in [4.69, 9.17) is 10.4 Å². The summed E-state index contributed by atoms with van der Waals surface area (Å²) in [4.78, 5) is 12.4. The van der Waals surface area contributed by atoms with Gasteiger partial charge < -0.3 is 10.0 Å². The van der Waals surface area contributed by atoms with E-state index < -0.39 is 11.8 Å². The largest absolute Gasteiger partial charge is 0.478 e. The molecule has 0 heterocycles. The molecule has 0 radical (unpaired) electrons. The van der Waals surface area contributed by atoms with Gasteiger partial charge in [0.1, 0.15) is 5.82 Å². The highest BCUT2D eigenvalue weighted by Gasteiger charge is 2.18. The molecule has 0 amide bonds. The van der Waals surface area contributed by atoms with Crippen molar-refractivity contribution >= 4 is 11.7 Å². The monoisotopic (exact) mass is 236 g/mol. The molecule has 1 unspecified atom stereocenters. The van der Waals surface area contributed by atoms with Crippen LogP contribution in [0.4, 0.5) is 10.1 Å². The third-order valence-corrected chi connectivity index (χ3v) is 2.37. The van der Waals surface area contributed by atoms with Gasteiger partial charge in [0, 0.05) is 13.6 Å². The van der Waals surface area contributed by atoms with E-state index >= 15 is 0 Å². The molecule has 0 saturated heterocycles. The zero-order valence-corrected chi connectivity index (χ0v) is 9.64. The van der Waals surface area contributed by atoms with Crippen LogP contribution in [-0.2, 0) is 0 Å². The zero-order valence-electron chi connectivity index (χ0n) is 9.64. The third-order valence-electron chi connectivity index (χ3n) is 2.37. The minimum atomic E-state index is -1.18. The predicted octanol–water partition coefficient (Wildman–Crippen LogP) is 2.12. The van der Waals surface area contributed by atoms with E-state index in [-0.39, 0.29) is 23.7 Å². The first-order valence-electron chi connectivity index (χ1n) is 5.10. The maximum absolute atomic E-state index is 13.6. The van der Waals surface area contributed by atoms with Gasteiger partial charge in [0.2, 0.25) is 0 Å². The molecule has 0 aliphatic carbocycles. The molecule has 0 spiro atoms. The number of rotatable bonds is 4. The van der Waals surface area contributed by atoms with Crippen molar-refractivity contribution in [3.63, 3.8) is 0 Å². The first-order valence-corrected chi connectivity index (χ1v) is 5.10. The van der Waals surface area contributed by atoms with Crippen molar-refractivity contribution in [2.45, 2.75) is 6.92 Å². The number of hydrogen-bond acceptors (Lipinski definition) is 3. The van der Waals surface area contributed by atoms with Crippen LogP contribution < -0.4 is 4.90 Å². The van der Waals surface area contributed by atoms with Gasteiger partial charge in [-0.25, -0.2) is 9.18 Å². The van der Waals surface area contributed by atoms with Crippen LogP contribution in [0.3, 0.4) is 0 Å². The Morgan fingerprint density at radius 1 is 1.65 bits per heavy atom. The highest BCUT2D eigenvalue weighted by Crippen LogP contribution is 2.24. The van der Waals surface area contributed by atoms with E-state index in [2.05, 4.69) is 0 Å². The van der Waals surface area contributed by atoms with E-state index in [1.165, 1.54) is 23.1 Å². The Balaban J connectivity index is 3.12. The van der Waals surface area contributed by atoms with Crippen LogP contribution in [0.15, 0.2) is 18.2 Å². The number of halogens is 1. The van der Waals surface area contributed by atoms with Crippen molar-refractivity contribution in [3.05, 3.63) is 29.6 Å². The summed E-state index contributed by atoms with van der Waals surface area (Å²) in [5.41, 5.74) is -0.0836. The number of benzene rings is 1. The average Bonchev–Trinajstić information content (AvgIpc) is 2.28. The van der Waals surface area contributed by atoms with Crippen LogP contribution in [0.25, 0.3) is 0 Å². The van der Waals surface area contributed by atoms with E-state index in [9.17, 15) is 9.18 Å². The Morgan fingerprint density at radius 2 is 2.29 bits per heavy atom. The summed E-state index contributed by atoms with van der Waals surface area (Å²) in [5, 5.41) is 17.7. The molecule has 1 N–H and O–H groups in total. The Bertz CT molecular complexity index is 468. The summed E-state index contributed by atoms with van der Waals surface area (Å²) in [6, 6.07) is 5.92. The number of para-hydroxylation sites is 1. The highest BCUT2D eigenvalue weighted by atomic mass is 19.1. The number of carboxylic acids is 1. The molecule has 1 atom stereocenters. The maximum Gasteiger partial charge on any atom is 0.337 e. The summed E-state index contributed by atoms with van der Waals surface area (Å²) < 4.78 is 13.6. The minimum Gasteiger partial charge on any atom is -0.478 e. The van der Waals surface area contributed by atoms with Gasteiger partial charge in [0.05, 0.1) is 23.2 Å². The summed E-state index contributed by atoms with van der Waals surface area (Å²) in [5.74, 6) is -2.09. The molecule has 0 fully saturated rings. The zero-order chi connectivity index (χ0) is 13.0. The lowest BCUT2D eigenvalue weighted by atomic mass is 10.1. The topological polar surface area (TPSA) is 64.3 Å². The molecule has 4 nitrogen and oxygen atoms in total. The van der Waals surface area contributed by atoms with Gasteiger partial charge in [0.25, 0.3) is 0 Å². The minimum absolute atomic E-state index is 0.0158. The van der Waals surface area contributed by atoms with Crippen LogP contribution in [0.1, 0.15) is 17.3 Å². The molecule has 1 aromatic rings. The molecular formula is C12H13FN2O2. The quantitative estimate of drug-likeness (QED) is 0.869. The number of nitrogens with zero attached hydrogens (tertiary/aromatic N) is 2. The second kappa shape index (κ2) is 5.30. The predicted molar refractivity (Wildman–Crippen MR) is 61.4 cm³/mol. The Hall–Kier alpha value is -2.09. The van der Waals surface area contributed by atoms with Crippen LogP contribution in [0.2, 0.25) is 0 Å². The molecule has 90 valence electrons. The molecule has 0 aliphatic rings. The molecule has 0 saturated carbocycles. The summed E-state index contributed by atoms with van der Waals surface area (Å²) in [6.45, 7) is 1.97. The lowest BCUT2D eigenvalue weighted by Gasteiger charge is -2.22. The highest BCUT2D eigenvalue weighted by molar-refractivity contribution is 5.94. The average molecular weight is 236 g/mol. The number of aromatic carboxylic acids is 1. The molecule has 0 bridgehead atoms. The van der Waals surface area contributed by atoms with Crippen molar-refractivity contribution in [1.29, 1.82) is 5.26 Å². The Labute approximate surface area is 98.9 Å². The van der Waals surface area contributed by atoms with E-state index in [1.54, 1.807) is 14.0 Å². The van der Waals surface area contributed by atoms with Crippen molar-refractivity contribution in [3.8, 4) is 6.07 Å². The lowest BCUT2D eigenvalue weighted by Crippen LogP contribution is -2.26. The van der Waals surface area contributed by atoms with E-state index in [0.717, 1.165) is 0 Å². The number of anilines is 1. The van der Waals surface area contributed by atoms with Crippen molar-refractivity contribution in [1.82, 2.24) is 0 Å². The lowest BCUT2D eigenvalue weighted by molar-refractivity contribution is 0.0697. The fraction of sp³-hybridized carbons (Fsp3) is 0.333. The van der Waals surface area contributed by atoms with Gasteiger partial charge >= 0.3 is 5.97 Å². The van der Waals surface area contributed by atoms with Crippen LogP contribution >= 0.6 is 0 Å². The number of carbonyl (C=O) groups is 1. The van der Waals surface area contributed by atoms with E-state index in [1.807, 2.05) is 6.07 Å². The normalized spacial score (nSPS) is 11.6. The summed E-state index contributed by atoms with van der Waals surface area (Å²) >= 11 is 0. The molecule has 1 aromatic carbocycles. The second-order valence-electron chi connectivity index (χ2n) is 3.85. The summed E-state index contributed by atoms with van der Waals surface area (Å²) in [7, 11) is 1.57. The number of carboxylic acid groups (broad SMARTS) is 1. The molecule has 0 aliphatic heterocycles. The number of nitriles is 1. The SMILES string of the molecule is CC(C#N)CN(C)c1c(F)cccc1C(=O)O. The first-order chi connectivity index (χ1) is 7.97. The van der Waals surface area contributed by atoms with Gasteiger partial charge in [-0.1, -0.05) is 6.07 Å². The fourth-order valence-electron chi connectivity index (χ4n) is 1.62. The van der Waals surface area contributed by atoms with Crippen LogP contribution in [0, 0.1) is 23.1 Å². The van der Waals surface area contributed by atoms with Gasteiger partial charge in [-0.15, -0.1) is 0 Å². The maximum atomic E-state index is 13.6. The molecular weight excluding hydrogens is 223 g/mol. The van der Waals surface area contributed by atoms with Crippen molar-refractivity contribution in [2.75, 3.05) is 18.5 Å². The smallest absolute Gasteiger partial charge is 0.337 e. The van der Waals surface area contributed by atoms with Gasteiger partial charge in [-0.3, -0.25) is 0 Å². The van der Waals surface area contributed by atoms with Crippen LogP contribution in [-0.4, -0.2) is 24.7 Å². The van der Waals surface area contributed by atoms with Gasteiger partial charge in [-0.2, -0.15) is 5.26 Å². The standard InChI is InChI=1S/C12H13FN2O2/c1-8(6-14)7-15(2)11-9(12(16)17)4-3-5-10(11)13/h3-5,8H,7H2,1-2H3,(H,16,17). The Morgan fingerprint density at radius 3 is 2.82 bits per heavy atom. The summed E-state index contributed by atoms with van der Waals surface area (Å²) in [6.07, 6.45) is 0. The van der Waals surface area contributed by atoms with Gasteiger partial charge in [-0.05, 0) is 19.1 Å². The van der Waals surface area contributed by atoms with Crippen LogP contribution in [0.5, 0.6) is 0 Å². The molecule has 1 rings (SSSR count). The molecule has 17 heavy (non-hydrogen) atoms. The molecule has 0 aromatic heterocycles. The third kappa shape index (κ3) is 2.94. The Kier molecular flexibility index (Phi) is 4.05. The fourth-order valence-corrected chi connectivity index (χ4v) is 1.62. The van der Waals surface area contributed by atoms with Gasteiger partial charge in [0.15, 0.2) is 0 Å². The molecule has 5 heteroatoms. The second-order valence-corrected chi connectivity index (χ2v) is 3.85. The number of hydrogen-bond donors (Lipinski definition) is 1.